The smallest absolute Gasteiger partial charge is 0.337 e. The van der Waals surface area contributed by atoms with E-state index in [2.05, 4.69) is 26.0 Å². The lowest BCUT2D eigenvalue weighted by molar-refractivity contribution is -0.132. The van der Waals surface area contributed by atoms with Crippen molar-refractivity contribution in [2.24, 2.45) is 0 Å². The van der Waals surface area contributed by atoms with Crippen molar-refractivity contribution in [1.82, 2.24) is 28.0 Å². The summed E-state index contributed by atoms with van der Waals surface area (Å²) < 4.78 is 37.3. The zero-order valence-corrected chi connectivity index (χ0v) is 46.3. The summed E-state index contributed by atoms with van der Waals surface area (Å²) >= 11 is 0. The van der Waals surface area contributed by atoms with Crippen molar-refractivity contribution in [3.8, 4) is 22.5 Å². The number of piperazine rings is 1. The van der Waals surface area contributed by atoms with E-state index < -0.39 is 22.1 Å². The first kappa shape index (κ1) is 53.9. The normalized spacial score (nSPS) is 16.6. The molecule has 7 aromatic rings. The van der Waals surface area contributed by atoms with E-state index in [9.17, 15) is 37.5 Å². The van der Waals surface area contributed by atoms with Crippen LogP contribution < -0.4 is 4.72 Å². The fraction of sp³-hybridized carbons (Fsp3) is 0.328. The van der Waals surface area contributed by atoms with Crippen molar-refractivity contribution >= 4 is 73.8 Å². The highest BCUT2D eigenvalue weighted by molar-refractivity contribution is 7.87. The van der Waals surface area contributed by atoms with Crippen molar-refractivity contribution in [2.75, 3.05) is 47.4 Å². The molecule has 0 spiro atoms. The van der Waals surface area contributed by atoms with Gasteiger partial charge in [0.05, 0.1) is 42.7 Å². The minimum Gasteiger partial charge on any atom is -0.478 e. The number of hydrogen-bond acceptors (Lipinski definition) is 8. The van der Waals surface area contributed by atoms with Gasteiger partial charge in [0.25, 0.3) is 17.7 Å². The number of nitrogens with zero attached hydrogens (tertiary/aromatic N) is 5. The molecular weight excluding hydrogens is 1030 g/mol. The Hall–Kier alpha value is -8.08. The molecule has 5 heterocycles. The molecule has 2 N–H and O–H groups in total. The first-order valence-corrected chi connectivity index (χ1v) is 29.3. The number of esters is 1. The van der Waals surface area contributed by atoms with Gasteiger partial charge in [0.1, 0.15) is 0 Å². The maximum absolute atomic E-state index is 14.3. The van der Waals surface area contributed by atoms with Gasteiger partial charge in [0, 0.05) is 89.9 Å². The zero-order chi connectivity index (χ0) is 55.8. The molecule has 5 aromatic carbocycles. The molecule has 0 atom stereocenters. The summed E-state index contributed by atoms with van der Waals surface area (Å²) in [7, 11) is 0.120. The Morgan fingerprint density at radius 1 is 0.562 bits per heavy atom. The van der Waals surface area contributed by atoms with Crippen LogP contribution in [0.4, 0.5) is 0 Å². The van der Waals surface area contributed by atoms with Crippen LogP contribution in [-0.4, -0.2) is 114 Å². The number of rotatable bonds is 9. The predicted molar refractivity (Wildman–Crippen MR) is 310 cm³/mol. The van der Waals surface area contributed by atoms with E-state index in [0.717, 1.165) is 98.3 Å². The molecule has 2 saturated carbocycles. The summed E-state index contributed by atoms with van der Waals surface area (Å²) in [5, 5.41) is 12.0. The molecule has 15 nitrogen and oxygen atoms in total. The number of nitrogens with one attached hydrogen (secondary N) is 1. The van der Waals surface area contributed by atoms with Crippen molar-refractivity contribution in [1.29, 1.82) is 0 Å². The van der Waals surface area contributed by atoms with Gasteiger partial charge in [-0.2, -0.15) is 12.7 Å². The van der Waals surface area contributed by atoms with Gasteiger partial charge in [-0.1, -0.05) is 117 Å². The monoisotopic (exact) mass is 1090 g/mol. The topological polar surface area (TPSA) is 181 Å². The molecule has 3 fully saturated rings. The molecular formula is C64H66N6O9S. The third-order valence-corrected chi connectivity index (χ3v) is 18.2. The Kier molecular flexibility index (Phi) is 15.2. The Bertz CT molecular complexity index is 3780. The van der Waals surface area contributed by atoms with Crippen LogP contribution in [0.3, 0.4) is 0 Å². The highest BCUT2D eigenvalue weighted by atomic mass is 32.2. The van der Waals surface area contributed by atoms with Gasteiger partial charge in [-0.3, -0.25) is 14.4 Å². The van der Waals surface area contributed by atoms with Crippen LogP contribution in [-0.2, 0) is 37.6 Å². The second-order valence-electron chi connectivity index (χ2n) is 21.8. The number of carbonyl (C=O) groups excluding carboxylic acids is 4. The number of methoxy groups -OCH3 is 1. The van der Waals surface area contributed by atoms with Crippen molar-refractivity contribution in [3.05, 3.63) is 165 Å². The lowest BCUT2D eigenvalue weighted by Gasteiger charge is -2.35. The molecule has 1 saturated heterocycles. The number of carboxylic acids is 1. The van der Waals surface area contributed by atoms with Crippen LogP contribution >= 0.6 is 0 Å². The molecule has 2 aromatic heterocycles. The van der Waals surface area contributed by atoms with E-state index in [1.54, 1.807) is 23.1 Å². The summed E-state index contributed by atoms with van der Waals surface area (Å²) in [6.07, 6.45) is 15.3. The van der Waals surface area contributed by atoms with Crippen molar-refractivity contribution in [2.45, 2.75) is 89.1 Å². The predicted octanol–water partition coefficient (Wildman–Crippen LogP) is 10.9. The Morgan fingerprint density at radius 2 is 1.02 bits per heavy atom. The van der Waals surface area contributed by atoms with E-state index in [-0.39, 0.29) is 36.4 Å². The standard InChI is InChI=1S/C38H41N5O5S.C26H25NO4/c1-40(2)49(47,48)39-36(44)29-17-18-32-33(24-29)43-25-30(38(46)42-21-19-41(20-22-42)37(45)27-13-7-4-8-14-27)23-28-15-9-10-16-31(28)35(43)34(32)26-11-5-3-6-12-26;1-31-26(30)18-11-12-21-22(14-18)27-15-19(25(28)29)13-17-9-5-6-10-20(17)24(27)23(21)16-7-3-2-4-8-16/h4,7-10,13-18,23-24,26H,3,5-6,11-12,19-22,25H2,1-2H3,(H,39,44);5-6,9-14,16H,2-4,7-8,15H2,1H3,(H,28,29). The summed E-state index contributed by atoms with van der Waals surface area (Å²) in [6.45, 7) is 2.28. The van der Waals surface area contributed by atoms with Crippen LogP contribution in [0.5, 0.6) is 0 Å². The number of ether oxygens (including phenoxy) is 1. The van der Waals surface area contributed by atoms with E-state index in [1.165, 1.54) is 58.0 Å². The third kappa shape index (κ3) is 10.4. The fourth-order valence-corrected chi connectivity index (χ4v) is 13.3. The molecule has 0 radical (unpaired) electrons. The molecule has 12 rings (SSSR count). The van der Waals surface area contributed by atoms with E-state index in [4.69, 9.17) is 4.74 Å². The van der Waals surface area contributed by atoms with Crippen LogP contribution in [0.15, 0.2) is 126 Å². The first-order valence-electron chi connectivity index (χ1n) is 27.8. The van der Waals surface area contributed by atoms with Gasteiger partial charge < -0.3 is 28.8 Å². The third-order valence-electron chi connectivity index (χ3n) is 16.8. The van der Waals surface area contributed by atoms with Crippen LogP contribution in [0, 0.1) is 0 Å². The molecule has 2 aliphatic carbocycles. The lowest BCUT2D eigenvalue weighted by atomic mass is 9.81. The second kappa shape index (κ2) is 22.6. The molecule has 16 heteroatoms. The molecule has 0 unspecified atom stereocenters. The maximum atomic E-state index is 14.3. The minimum absolute atomic E-state index is 0.0350. The molecule has 3 aliphatic heterocycles. The van der Waals surface area contributed by atoms with Gasteiger partial charge in [0.2, 0.25) is 0 Å². The van der Waals surface area contributed by atoms with Gasteiger partial charge in [0.15, 0.2) is 0 Å². The van der Waals surface area contributed by atoms with E-state index >= 15 is 0 Å². The Balaban J connectivity index is 0.000000187. The molecule has 412 valence electrons. The average Bonchev–Trinajstić information content (AvgIpc) is 3.95. The maximum Gasteiger partial charge on any atom is 0.337 e. The number of amides is 3. The minimum atomic E-state index is -3.99. The van der Waals surface area contributed by atoms with Crippen LogP contribution in [0.2, 0.25) is 0 Å². The summed E-state index contributed by atoms with van der Waals surface area (Å²) in [5.41, 5.74) is 12.6. The molecule has 5 aliphatic rings. The SMILES string of the molecule is CN(C)S(=O)(=O)NC(=O)c1ccc2c(C3CCCCC3)c3n(c2c1)CC(C(=O)N1CCN(C(=O)c2ccccc2)CC1)=Cc1ccccc1-3.COC(=O)c1ccc2c(C3CCCCC3)c3n(c2c1)CC(C(=O)O)=Cc1ccccc1-3. The summed E-state index contributed by atoms with van der Waals surface area (Å²) in [4.78, 5) is 68.6. The number of hydrogen-bond donors (Lipinski definition) is 2. The number of benzene rings is 5. The fourth-order valence-electron chi connectivity index (χ4n) is 12.7. The number of fused-ring (bicyclic) bond motifs is 10. The van der Waals surface area contributed by atoms with Crippen LogP contribution in [0.25, 0.3) is 56.5 Å². The largest absolute Gasteiger partial charge is 0.478 e. The summed E-state index contributed by atoms with van der Waals surface area (Å²) in [5.74, 6) is -1.40. The number of carboxylic acid groups (broad SMARTS) is 1. The van der Waals surface area contributed by atoms with Crippen molar-refractivity contribution < 1.29 is 42.2 Å². The number of carbonyl (C=O) groups is 5. The highest BCUT2D eigenvalue weighted by Gasteiger charge is 2.34. The van der Waals surface area contributed by atoms with Gasteiger partial charge >= 0.3 is 22.1 Å². The van der Waals surface area contributed by atoms with E-state index in [0.29, 0.717) is 60.3 Å². The highest BCUT2D eigenvalue weighted by Crippen LogP contribution is 2.48. The lowest BCUT2D eigenvalue weighted by Crippen LogP contribution is -2.51. The zero-order valence-electron chi connectivity index (χ0n) is 45.5. The quantitative estimate of drug-likeness (QED) is 0.133. The Morgan fingerprint density at radius 3 is 1.54 bits per heavy atom. The first-order chi connectivity index (χ1) is 38.7. The molecule has 80 heavy (non-hydrogen) atoms. The van der Waals surface area contributed by atoms with Gasteiger partial charge in [-0.15, -0.1) is 0 Å². The molecule has 3 amide bonds. The molecule has 0 bridgehead atoms. The van der Waals surface area contributed by atoms with Crippen LogP contribution in [0.1, 0.15) is 129 Å². The Labute approximate surface area is 466 Å². The second-order valence-corrected chi connectivity index (χ2v) is 23.7. The number of aromatic nitrogens is 2. The summed E-state index contributed by atoms with van der Waals surface area (Å²) in [6, 6.07) is 36.4. The van der Waals surface area contributed by atoms with Gasteiger partial charge in [-0.05, 0) is 108 Å². The van der Waals surface area contributed by atoms with Crippen molar-refractivity contribution in [3.63, 3.8) is 0 Å². The van der Waals surface area contributed by atoms with Gasteiger partial charge in [-0.25, -0.2) is 14.3 Å². The number of aliphatic carboxylic acids is 1. The van der Waals surface area contributed by atoms with E-state index in [1.807, 2.05) is 102 Å². The average molecular weight is 1100 g/mol.